The van der Waals surface area contributed by atoms with E-state index in [1.807, 2.05) is 13.0 Å². The number of hydrogen-bond donors (Lipinski definition) is 2. The van der Waals surface area contributed by atoms with Gasteiger partial charge in [-0.1, -0.05) is 11.6 Å². The number of aliphatic hydroxyl groups is 2. The van der Waals surface area contributed by atoms with Gasteiger partial charge in [0.25, 0.3) is 5.78 Å². The fourth-order valence-corrected chi connectivity index (χ4v) is 2.29. The van der Waals surface area contributed by atoms with Gasteiger partial charge in [0, 0.05) is 13.1 Å². The molecule has 6 heteroatoms. The third-order valence-electron chi connectivity index (χ3n) is 3.30. The lowest BCUT2D eigenvalue weighted by Gasteiger charge is -2.26. The molecule has 6 nitrogen and oxygen atoms in total. The van der Waals surface area contributed by atoms with Crippen LogP contribution in [0.5, 0.6) is 0 Å². The Morgan fingerprint density at radius 3 is 2.40 bits per heavy atom. The standard InChI is InChI=1S/C14H18N2O4/c1-10-2-3-12-11(8-10)13(19)14(20)16(12)9-15(4-6-17)5-7-18/h2-3,8,17-18H,4-7,9H2,1H3. The largest absolute Gasteiger partial charge is 0.395 e. The third-order valence-corrected chi connectivity index (χ3v) is 3.30. The number of hydrogen-bond acceptors (Lipinski definition) is 5. The molecule has 0 aromatic heterocycles. The number of aliphatic hydroxyl groups excluding tert-OH is 2. The second-order valence-corrected chi connectivity index (χ2v) is 4.79. The highest BCUT2D eigenvalue weighted by atomic mass is 16.3. The number of benzene rings is 1. The number of aryl methyl sites for hydroxylation is 1. The molecule has 108 valence electrons. The van der Waals surface area contributed by atoms with Gasteiger partial charge in [0.05, 0.1) is 31.1 Å². The second-order valence-electron chi connectivity index (χ2n) is 4.79. The first-order chi connectivity index (χ1) is 9.58. The highest BCUT2D eigenvalue weighted by Crippen LogP contribution is 2.29. The van der Waals surface area contributed by atoms with Gasteiger partial charge < -0.3 is 10.2 Å². The van der Waals surface area contributed by atoms with Crippen LogP contribution in [0.1, 0.15) is 15.9 Å². The van der Waals surface area contributed by atoms with E-state index in [0.717, 1.165) is 5.56 Å². The molecule has 0 atom stereocenters. The predicted octanol–water partition coefficient (Wildman–Crippen LogP) is -0.232. The lowest BCUT2D eigenvalue weighted by Crippen LogP contribution is -2.43. The highest BCUT2D eigenvalue weighted by Gasteiger charge is 2.36. The van der Waals surface area contributed by atoms with Gasteiger partial charge in [-0.2, -0.15) is 0 Å². The summed E-state index contributed by atoms with van der Waals surface area (Å²) in [5.41, 5.74) is 1.93. The van der Waals surface area contributed by atoms with Crippen molar-refractivity contribution in [3.63, 3.8) is 0 Å². The minimum absolute atomic E-state index is 0.0727. The normalized spacial score (nSPS) is 14.3. The van der Waals surface area contributed by atoms with Crippen molar-refractivity contribution < 1.29 is 19.8 Å². The molecule has 1 aromatic carbocycles. The highest BCUT2D eigenvalue weighted by molar-refractivity contribution is 6.52. The number of carbonyl (C=O) groups excluding carboxylic acids is 2. The summed E-state index contributed by atoms with van der Waals surface area (Å²) < 4.78 is 0. The van der Waals surface area contributed by atoms with E-state index in [4.69, 9.17) is 10.2 Å². The molecule has 0 aliphatic carbocycles. The number of ketones is 1. The van der Waals surface area contributed by atoms with Crippen molar-refractivity contribution in [3.8, 4) is 0 Å². The molecule has 2 rings (SSSR count). The van der Waals surface area contributed by atoms with Gasteiger partial charge in [0.2, 0.25) is 0 Å². The van der Waals surface area contributed by atoms with E-state index >= 15 is 0 Å². The van der Waals surface area contributed by atoms with Crippen LogP contribution in [0.3, 0.4) is 0 Å². The van der Waals surface area contributed by atoms with Crippen LogP contribution >= 0.6 is 0 Å². The Morgan fingerprint density at radius 1 is 1.15 bits per heavy atom. The Morgan fingerprint density at radius 2 is 1.80 bits per heavy atom. The number of Topliss-reactive ketones (excluding diaryl/α,β-unsaturated/α-hetero) is 1. The number of amides is 1. The van der Waals surface area contributed by atoms with E-state index in [2.05, 4.69) is 0 Å². The zero-order chi connectivity index (χ0) is 14.7. The van der Waals surface area contributed by atoms with Gasteiger partial charge in [0.1, 0.15) is 0 Å². The smallest absolute Gasteiger partial charge is 0.300 e. The molecule has 1 aliphatic heterocycles. The van der Waals surface area contributed by atoms with Gasteiger partial charge in [-0.05, 0) is 19.1 Å². The number of carbonyl (C=O) groups is 2. The van der Waals surface area contributed by atoms with Crippen LogP contribution in [-0.2, 0) is 4.79 Å². The number of nitrogens with zero attached hydrogens (tertiary/aromatic N) is 2. The molecule has 0 spiro atoms. The summed E-state index contributed by atoms with van der Waals surface area (Å²) in [4.78, 5) is 27.1. The van der Waals surface area contributed by atoms with Crippen LogP contribution in [0.4, 0.5) is 5.69 Å². The number of rotatable bonds is 6. The van der Waals surface area contributed by atoms with E-state index in [9.17, 15) is 9.59 Å². The molecule has 1 heterocycles. The summed E-state index contributed by atoms with van der Waals surface area (Å²) in [6.45, 7) is 2.57. The predicted molar refractivity (Wildman–Crippen MR) is 73.6 cm³/mol. The Bertz CT molecular complexity index is 524. The maximum Gasteiger partial charge on any atom is 0.300 e. The summed E-state index contributed by atoms with van der Waals surface area (Å²) in [5.74, 6) is -1.07. The summed E-state index contributed by atoms with van der Waals surface area (Å²) in [7, 11) is 0. The molecule has 0 unspecified atom stereocenters. The Hall–Kier alpha value is -1.76. The van der Waals surface area contributed by atoms with Crippen LogP contribution in [0, 0.1) is 6.92 Å². The summed E-state index contributed by atoms with van der Waals surface area (Å²) >= 11 is 0. The van der Waals surface area contributed by atoms with Crippen LogP contribution in [-0.4, -0.2) is 59.8 Å². The first kappa shape index (κ1) is 14.6. The molecule has 1 aromatic rings. The molecule has 0 saturated heterocycles. The fraction of sp³-hybridized carbons (Fsp3) is 0.429. The van der Waals surface area contributed by atoms with E-state index < -0.39 is 11.7 Å². The molecule has 2 N–H and O–H groups in total. The topological polar surface area (TPSA) is 81.1 Å². The van der Waals surface area contributed by atoms with Crippen molar-refractivity contribution >= 4 is 17.4 Å². The minimum atomic E-state index is -0.563. The molecule has 0 bridgehead atoms. The van der Waals surface area contributed by atoms with Crippen molar-refractivity contribution in [1.82, 2.24) is 4.90 Å². The fourth-order valence-electron chi connectivity index (χ4n) is 2.29. The number of fused-ring (bicyclic) bond motifs is 1. The lowest BCUT2D eigenvalue weighted by molar-refractivity contribution is -0.114. The molecule has 1 amide bonds. The summed E-state index contributed by atoms with van der Waals surface area (Å²) in [6, 6.07) is 5.31. The van der Waals surface area contributed by atoms with Crippen LogP contribution in [0.15, 0.2) is 18.2 Å². The van der Waals surface area contributed by atoms with E-state index in [0.29, 0.717) is 24.3 Å². The minimum Gasteiger partial charge on any atom is -0.395 e. The maximum atomic E-state index is 12.0. The quantitative estimate of drug-likeness (QED) is 0.702. The average molecular weight is 278 g/mol. The van der Waals surface area contributed by atoms with Gasteiger partial charge in [-0.15, -0.1) is 0 Å². The molecule has 0 radical (unpaired) electrons. The molecule has 20 heavy (non-hydrogen) atoms. The van der Waals surface area contributed by atoms with Crippen molar-refractivity contribution in [1.29, 1.82) is 0 Å². The van der Waals surface area contributed by atoms with Crippen molar-refractivity contribution in [2.45, 2.75) is 6.92 Å². The Balaban J connectivity index is 2.24. The van der Waals surface area contributed by atoms with E-state index in [1.54, 1.807) is 17.0 Å². The second kappa shape index (κ2) is 6.13. The Kier molecular flexibility index (Phi) is 4.49. The maximum absolute atomic E-state index is 12.0. The van der Waals surface area contributed by atoms with Gasteiger partial charge in [-0.25, -0.2) is 0 Å². The summed E-state index contributed by atoms with van der Waals surface area (Å²) in [6.07, 6.45) is 0. The molecular formula is C14H18N2O4. The SMILES string of the molecule is Cc1ccc2c(c1)C(=O)C(=O)N2CN(CCO)CCO. The molecular weight excluding hydrogens is 260 g/mol. The zero-order valence-corrected chi connectivity index (χ0v) is 11.4. The molecule has 0 fully saturated rings. The first-order valence-corrected chi connectivity index (χ1v) is 6.49. The number of anilines is 1. The van der Waals surface area contributed by atoms with Crippen molar-refractivity contribution in [2.75, 3.05) is 37.9 Å². The molecule has 1 aliphatic rings. The van der Waals surface area contributed by atoms with E-state index in [-0.39, 0.29) is 19.9 Å². The Labute approximate surface area is 117 Å². The average Bonchev–Trinajstić information content (AvgIpc) is 2.64. The molecule has 0 saturated carbocycles. The van der Waals surface area contributed by atoms with Gasteiger partial charge in [-0.3, -0.25) is 19.4 Å². The monoisotopic (exact) mass is 278 g/mol. The van der Waals surface area contributed by atoms with Crippen LogP contribution in [0.2, 0.25) is 0 Å². The first-order valence-electron chi connectivity index (χ1n) is 6.49. The van der Waals surface area contributed by atoms with Crippen LogP contribution in [0.25, 0.3) is 0 Å². The van der Waals surface area contributed by atoms with Crippen molar-refractivity contribution in [2.24, 2.45) is 0 Å². The summed E-state index contributed by atoms with van der Waals surface area (Å²) in [5, 5.41) is 18.0. The van der Waals surface area contributed by atoms with Crippen LogP contribution < -0.4 is 4.90 Å². The van der Waals surface area contributed by atoms with Gasteiger partial charge in [0.15, 0.2) is 0 Å². The lowest BCUT2D eigenvalue weighted by atomic mass is 10.1. The van der Waals surface area contributed by atoms with Gasteiger partial charge >= 0.3 is 5.91 Å². The van der Waals surface area contributed by atoms with E-state index in [1.165, 1.54) is 4.90 Å². The zero-order valence-electron chi connectivity index (χ0n) is 11.4. The third kappa shape index (κ3) is 2.72. The van der Waals surface area contributed by atoms with Crippen molar-refractivity contribution in [3.05, 3.63) is 29.3 Å².